The quantitative estimate of drug-likeness (QED) is 0.404. The summed E-state index contributed by atoms with van der Waals surface area (Å²) in [7, 11) is 0. The van der Waals surface area contributed by atoms with Crippen LogP contribution in [0.25, 0.3) is 11.0 Å². The van der Waals surface area contributed by atoms with Crippen LogP contribution in [0.4, 0.5) is 8.78 Å². The molecule has 3 heterocycles. The molecule has 1 aromatic heterocycles. The molecule has 2 amide bonds. The Labute approximate surface area is 216 Å². The average molecular weight is 534 g/mol. The highest BCUT2D eigenvalue weighted by Gasteiger charge is 2.46. The van der Waals surface area contributed by atoms with E-state index in [4.69, 9.17) is 25.5 Å². The van der Waals surface area contributed by atoms with E-state index in [9.17, 15) is 9.59 Å². The summed E-state index contributed by atoms with van der Waals surface area (Å²) in [6, 6.07) is 9.02. The second-order valence-electron chi connectivity index (χ2n) is 9.12. The van der Waals surface area contributed by atoms with Crippen molar-refractivity contribution in [2.24, 2.45) is 0 Å². The molecule has 5 rings (SSSR count). The Morgan fingerprint density at radius 1 is 1.08 bits per heavy atom. The van der Waals surface area contributed by atoms with Crippen molar-refractivity contribution < 1.29 is 32.3 Å². The minimum atomic E-state index is -3.96. The number of benzene rings is 2. The third-order valence-corrected chi connectivity index (χ3v) is 6.85. The minimum Gasteiger partial charge on any atom is -0.486 e. The lowest BCUT2D eigenvalue weighted by Gasteiger charge is -2.32. The maximum absolute atomic E-state index is 15.4. The average Bonchev–Trinajstić information content (AvgIpc) is 3.56. The van der Waals surface area contributed by atoms with E-state index in [0.29, 0.717) is 47.1 Å². The van der Waals surface area contributed by atoms with Gasteiger partial charge in [0.15, 0.2) is 17.3 Å². The number of amides is 2. The number of rotatable bonds is 9. The topological polar surface area (TPSA) is 93.0 Å². The van der Waals surface area contributed by atoms with Crippen LogP contribution in [-0.4, -0.2) is 56.1 Å². The Bertz CT molecular complexity index is 1290. The molecular formula is C26H26ClF2N3O5. The Kier molecular flexibility index (Phi) is 7.21. The van der Waals surface area contributed by atoms with Gasteiger partial charge in [0.2, 0.25) is 6.41 Å². The fourth-order valence-corrected chi connectivity index (χ4v) is 4.97. The first-order valence-electron chi connectivity index (χ1n) is 12.0. The van der Waals surface area contributed by atoms with Gasteiger partial charge in [-0.3, -0.25) is 9.59 Å². The van der Waals surface area contributed by atoms with Crippen LogP contribution in [0.1, 0.15) is 30.2 Å². The number of halogens is 3. The summed E-state index contributed by atoms with van der Waals surface area (Å²) in [6.07, 6.45) is 2.42. The van der Waals surface area contributed by atoms with Crippen LogP contribution >= 0.6 is 11.6 Å². The number of carbonyl (C=O) groups excluding carboxylic acids is 2. The van der Waals surface area contributed by atoms with Crippen LogP contribution in [0.2, 0.25) is 5.02 Å². The molecule has 0 bridgehead atoms. The summed E-state index contributed by atoms with van der Waals surface area (Å²) in [5.74, 6) is -5.25. The molecule has 1 fully saturated rings. The molecule has 2 unspecified atom stereocenters. The molecule has 37 heavy (non-hydrogen) atoms. The molecule has 0 radical (unpaired) electrons. The summed E-state index contributed by atoms with van der Waals surface area (Å²) in [4.78, 5) is 26.7. The summed E-state index contributed by atoms with van der Waals surface area (Å²) in [5.41, 5.74) is 0.778. The van der Waals surface area contributed by atoms with Gasteiger partial charge in [-0.15, -0.1) is 0 Å². The second kappa shape index (κ2) is 10.5. The zero-order valence-corrected chi connectivity index (χ0v) is 20.6. The van der Waals surface area contributed by atoms with Crippen LogP contribution in [0.3, 0.4) is 0 Å². The van der Waals surface area contributed by atoms with Crippen molar-refractivity contribution in [1.82, 2.24) is 15.5 Å². The number of hydrogen-bond donors (Lipinski definition) is 2. The molecule has 2 aliphatic heterocycles. The fourth-order valence-electron chi connectivity index (χ4n) is 4.79. The fraction of sp³-hybridized carbons (Fsp3) is 0.385. The van der Waals surface area contributed by atoms with E-state index in [-0.39, 0.29) is 12.1 Å². The summed E-state index contributed by atoms with van der Waals surface area (Å²) in [5, 5.41) is 5.92. The Balaban J connectivity index is 1.44. The minimum absolute atomic E-state index is 0.192. The third kappa shape index (κ3) is 5.35. The highest BCUT2D eigenvalue weighted by Crippen LogP contribution is 2.36. The number of carbonyl (C=O) groups is 2. The van der Waals surface area contributed by atoms with E-state index in [1.165, 1.54) is 18.2 Å². The number of hydrogen-bond acceptors (Lipinski definition) is 6. The van der Waals surface area contributed by atoms with Gasteiger partial charge in [-0.1, -0.05) is 17.7 Å². The van der Waals surface area contributed by atoms with Crippen molar-refractivity contribution in [2.45, 2.75) is 30.8 Å². The molecule has 0 spiro atoms. The van der Waals surface area contributed by atoms with Crippen molar-refractivity contribution >= 4 is 34.9 Å². The van der Waals surface area contributed by atoms with Crippen molar-refractivity contribution in [3.63, 3.8) is 0 Å². The monoisotopic (exact) mass is 533 g/mol. The molecule has 3 aromatic rings. The number of furan rings is 1. The van der Waals surface area contributed by atoms with Crippen molar-refractivity contribution in [3.05, 3.63) is 58.8 Å². The number of nitrogens with zero attached hydrogens (tertiary/aromatic N) is 1. The van der Waals surface area contributed by atoms with Gasteiger partial charge in [-0.25, -0.2) is 0 Å². The first kappa shape index (κ1) is 25.3. The van der Waals surface area contributed by atoms with E-state index in [0.717, 1.165) is 32.0 Å². The number of alkyl halides is 2. The van der Waals surface area contributed by atoms with Gasteiger partial charge in [0.05, 0.1) is 12.1 Å². The van der Waals surface area contributed by atoms with Gasteiger partial charge >= 0.3 is 5.92 Å². The predicted molar refractivity (Wildman–Crippen MR) is 132 cm³/mol. The van der Waals surface area contributed by atoms with E-state index < -0.39 is 29.7 Å². The number of likely N-dealkylation sites (tertiary alicyclic amines) is 1. The normalized spacial score (nSPS) is 17.4. The van der Waals surface area contributed by atoms with E-state index in [1.54, 1.807) is 18.2 Å². The van der Waals surface area contributed by atoms with Crippen LogP contribution in [0.5, 0.6) is 11.5 Å². The standard InChI is InChI=1S/C26H26ClF2N3O5/c27-18-4-6-20-17(11-18)13-23(37-20)26(28,29)25(34)31-19(14-32-7-1-2-8-32)24(30-15-33)16-3-5-21-22(12-16)36-10-9-35-21/h3-6,11-13,15,19,24H,1-2,7-10,14H2,(H,30,33)(H,31,34). The van der Waals surface area contributed by atoms with E-state index in [2.05, 4.69) is 15.5 Å². The first-order valence-corrected chi connectivity index (χ1v) is 12.4. The zero-order chi connectivity index (χ0) is 26.0. The van der Waals surface area contributed by atoms with Crippen LogP contribution in [0, 0.1) is 0 Å². The smallest absolute Gasteiger partial charge is 0.380 e. The first-order chi connectivity index (χ1) is 17.8. The van der Waals surface area contributed by atoms with Crippen LogP contribution < -0.4 is 20.1 Å². The highest BCUT2D eigenvalue weighted by atomic mass is 35.5. The van der Waals surface area contributed by atoms with Gasteiger partial charge in [-0.2, -0.15) is 8.78 Å². The molecule has 8 nitrogen and oxygen atoms in total. The van der Waals surface area contributed by atoms with Gasteiger partial charge in [0, 0.05) is 17.0 Å². The molecule has 11 heteroatoms. The maximum atomic E-state index is 15.4. The predicted octanol–water partition coefficient (Wildman–Crippen LogP) is 4.02. The molecular weight excluding hydrogens is 508 g/mol. The molecule has 2 atom stereocenters. The number of nitrogens with one attached hydrogen (secondary N) is 2. The molecule has 1 saturated heterocycles. The molecule has 196 valence electrons. The molecule has 2 aliphatic rings. The Hall–Kier alpha value is -3.37. The number of fused-ring (bicyclic) bond motifs is 2. The Morgan fingerprint density at radius 3 is 2.59 bits per heavy atom. The highest BCUT2D eigenvalue weighted by molar-refractivity contribution is 6.31. The van der Waals surface area contributed by atoms with Crippen molar-refractivity contribution in [1.29, 1.82) is 0 Å². The van der Waals surface area contributed by atoms with Crippen LogP contribution in [-0.2, 0) is 15.5 Å². The van der Waals surface area contributed by atoms with Gasteiger partial charge in [0.25, 0.3) is 5.91 Å². The SMILES string of the molecule is O=CNC(c1ccc2c(c1)OCCO2)C(CN1CCCC1)NC(=O)C(F)(F)c1cc2cc(Cl)ccc2o1. The lowest BCUT2D eigenvalue weighted by atomic mass is 9.97. The van der Waals surface area contributed by atoms with E-state index >= 15 is 8.78 Å². The lowest BCUT2D eigenvalue weighted by Crippen LogP contribution is -2.53. The van der Waals surface area contributed by atoms with E-state index in [1.807, 2.05) is 0 Å². The van der Waals surface area contributed by atoms with Crippen molar-refractivity contribution in [3.8, 4) is 11.5 Å². The zero-order valence-electron chi connectivity index (χ0n) is 19.8. The largest absolute Gasteiger partial charge is 0.486 e. The van der Waals surface area contributed by atoms with Crippen LogP contribution in [0.15, 0.2) is 46.9 Å². The molecule has 2 N–H and O–H groups in total. The summed E-state index contributed by atoms with van der Waals surface area (Å²) in [6.45, 7) is 2.58. The molecule has 0 saturated carbocycles. The second-order valence-corrected chi connectivity index (χ2v) is 9.56. The summed E-state index contributed by atoms with van der Waals surface area (Å²) >= 11 is 5.96. The van der Waals surface area contributed by atoms with Gasteiger partial charge in [-0.05, 0) is 67.9 Å². The lowest BCUT2D eigenvalue weighted by molar-refractivity contribution is -0.150. The maximum Gasteiger partial charge on any atom is 0.380 e. The van der Waals surface area contributed by atoms with Gasteiger partial charge < -0.3 is 29.4 Å². The third-order valence-electron chi connectivity index (χ3n) is 6.62. The molecule has 2 aromatic carbocycles. The Morgan fingerprint density at radius 2 is 1.84 bits per heavy atom. The summed E-state index contributed by atoms with van der Waals surface area (Å²) < 4.78 is 47.2. The molecule has 0 aliphatic carbocycles. The van der Waals surface area contributed by atoms with Crippen molar-refractivity contribution in [2.75, 3.05) is 32.8 Å². The van der Waals surface area contributed by atoms with Gasteiger partial charge in [0.1, 0.15) is 18.8 Å². The number of ether oxygens (including phenoxy) is 2.